The molecule has 1 amide bonds. The van der Waals surface area contributed by atoms with Crippen LogP contribution in [0.5, 0.6) is 0 Å². The van der Waals surface area contributed by atoms with Gasteiger partial charge < -0.3 is 10.6 Å². The molecule has 0 fully saturated rings. The van der Waals surface area contributed by atoms with Crippen molar-refractivity contribution in [2.75, 3.05) is 11.9 Å². The van der Waals surface area contributed by atoms with E-state index in [1.807, 2.05) is 20.8 Å². The summed E-state index contributed by atoms with van der Waals surface area (Å²) >= 11 is 2.87. The Morgan fingerprint density at radius 3 is 2.47 bits per heavy atom. The van der Waals surface area contributed by atoms with Crippen molar-refractivity contribution in [3.05, 3.63) is 28.2 Å². The van der Waals surface area contributed by atoms with Crippen LogP contribution < -0.4 is 10.6 Å². The Labute approximate surface area is 119 Å². The van der Waals surface area contributed by atoms with Gasteiger partial charge in [0.1, 0.15) is 11.6 Å². The molecule has 0 aliphatic carbocycles. The second kappa shape index (κ2) is 6.43. The Bertz CT molecular complexity index is 472. The number of nitrogens with one attached hydrogen (secondary N) is 2. The van der Waals surface area contributed by atoms with Crippen molar-refractivity contribution < 1.29 is 13.6 Å². The second-order valence-corrected chi connectivity index (χ2v) is 6.08. The van der Waals surface area contributed by atoms with Crippen molar-refractivity contribution >= 4 is 27.5 Å². The molecule has 1 rings (SSSR count). The molecule has 19 heavy (non-hydrogen) atoms. The van der Waals surface area contributed by atoms with Gasteiger partial charge in [-0.1, -0.05) is 0 Å². The number of benzene rings is 1. The van der Waals surface area contributed by atoms with Gasteiger partial charge in [0, 0.05) is 24.6 Å². The Kier molecular flexibility index (Phi) is 5.43. The molecule has 6 heteroatoms. The van der Waals surface area contributed by atoms with E-state index < -0.39 is 11.6 Å². The van der Waals surface area contributed by atoms with E-state index in [0.29, 0.717) is 6.54 Å². The smallest absolute Gasteiger partial charge is 0.225 e. The van der Waals surface area contributed by atoms with Gasteiger partial charge in [-0.15, -0.1) is 0 Å². The fourth-order valence-corrected chi connectivity index (χ4v) is 1.70. The summed E-state index contributed by atoms with van der Waals surface area (Å²) in [6, 6.07) is 1.94. The highest BCUT2D eigenvalue weighted by Crippen LogP contribution is 2.23. The molecule has 0 saturated heterocycles. The molecule has 106 valence electrons. The van der Waals surface area contributed by atoms with E-state index in [4.69, 9.17) is 0 Å². The molecule has 0 atom stereocenters. The summed E-state index contributed by atoms with van der Waals surface area (Å²) < 4.78 is 26.7. The first-order valence-electron chi connectivity index (χ1n) is 5.88. The molecule has 1 aromatic rings. The molecule has 0 bridgehead atoms. The summed E-state index contributed by atoms with van der Waals surface area (Å²) in [7, 11) is 0. The zero-order valence-corrected chi connectivity index (χ0v) is 12.7. The first-order chi connectivity index (χ1) is 8.69. The molecule has 0 aliphatic rings. The second-order valence-electron chi connectivity index (χ2n) is 5.22. The van der Waals surface area contributed by atoms with Crippen molar-refractivity contribution in [2.24, 2.45) is 0 Å². The predicted octanol–water partition coefficient (Wildman–Crippen LogP) is 3.44. The van der Waals surface area contributed by atoms with Crippen LogP contribution in [0.1, 0.15) is 27.2 Å². The summed E-state index contributed by atoms with van der Waals surface area (Å²) in [4.78, 5) is 11.6. The zero-order valence-electron chi connectivity index (χ0n) is 11.1. The van der Waals surface area contributed by atoms with Crippen LogP contribution in [0.15, 0.2) is 16.6 Å². The third kappa shape index (κ3) is 5.65. The normalized spacial score (nSPS) is 11.5. The molecule has 0 radical (unpaired) electrons. The minimum atomic E-state index is -0.676. The summed E-state index contributed by atoms with van der Waals surface area (Å²) in [5, 5.41) is 5.49. The first-order valence-corrected chi connectivity index (χ1v) is 6.68. The average Bonchev–Trinajstić information content (AvgIpc) is 2.24. The average molecular weight is 335 g/mol. The van der Waals surface area contributed by atoms with E-state index in [2.05, 4.69) is 26.6 Å². The zero-order chi connectivity index (χ0) is 14.6. The van der Waals surface area contributed by atoms with Gasteiger partial charge in [-0.3, -0.25) is 4.79 Å². The largest absolute Gasteiger partial charge is 0.323 e. The van der Waals surface area contributed by atoms with Crippen molar-refractivity contribution in [3.63, 3.8) is 0 Å². The number of halogens is 3. The third-order valence-corrected chi connectivity index (χ3v) is 2.90. The van der Waals surface area contributed by atoms with Crippen molar-refractivity contribution in [1.82, 2.24) is 5.32 Å². The number of carbonyl (C=O) groups is 1. The highest BCUT2D eigenvalue weighted by molar-refractivity contribution is 9.10. The Hall–Kier alpha value is -1.01. The van der Waals surface area contributed by atoms with Crippen LogP contribution in [0.2, 0.25) is 0 Å². The maximum absolute atomic E-state index is 13.5. The van der Waals surface area contributed by atoms with Gasteiger partial charge in [0.05, 0.1) is 10.2 Å². The summed E-state index contributed by atoms with van der Waals surface area (Å²) in [6.45, 7) is 6.41. The molecule has 0 spiro atoms. The van der Waals surface area contributed by atoms with Gasteiger partial charge in [0.25, 0.3) is 0 Å². The fourth-order valence-electron chi connectivity index (χ4n) is 1.38. The lowest BCUT2D eigenvalue weighted by atomic mass is 10.1. The highest BCUT2D eigenvalue weighted by Gasteiger charge is 2.12. The number of hydrogen-bond acceptors (Lipinski definition) is 2. The molecular weight excluding hydrogens is 318 g/mol. The molecule has 0 aromatic heterocycles. The molecule has 0 unspecified atom stereocenters. The predicted molar refractivity (Wildman–Crippen MR) is 75.1 cm³/mol. The third-order valence-electron chi connectivity index (χ3n) is 2.29. The van der Waals surface area contributed by atoms with Gasteiger partial charge in [-0.05, 0) is 42.8 Å². The number of carbonyl (C=O) groups excluding carboxylic acids is 1. The van der Waals surface area contributed by atoms with Gasteiger partial charge in [0.2, 0.25) is 5.91 Å². The van der Waals surface area contributed by atoms with Crippen LogP contribution in [0.3, 0.4) is 0 Å². The van der Waals surface area contributed by atoms with E-state index in [9.17, 15) is 13.6 Å². The van der Waals surface area contributed by atoms with Crippen molar-refractivity contribution in [3.8, 4) is 0 Å². The number of hydrogen-bond donors (Lipinski definition) is 2. The number of amides is 1. The lowest BCUT2D eigenvalue weighted by molar-refractivity contribution is -0.116. The molecule has 0 saturated carbocycles. The van der Waals surface area contributed by atoms with E-state index in [-0.39, 0.29) is 28.0 Å². The molecule has 0 aliphatic heterocycles. The van der Waals surface area contributed by atoms with Gasteiger partial charge >= 0.3 is 0 Å². The van der Waals surface area contributed by atoms with E-state index in [1.165, 1.54) is 0 Å². The SMILES string of the molecule is CC(C)(C)NCCC(=O)Nc1cc(F)c(Br)cc1F. The topological polar surface area (TPSA) is 41.1 Å². The van der Waals surface area contributed by atoms with E-state index in [0.717, 1.165) is 12.1 Å². The molecular formula is C13H17BrF2N2O. The molecule has 2 N–H and O–H groups in total. The maximum atomic E-state index is 13.5. The molecule has 3 nitrogen and oxygen atoms in total. The first kappa shape index (κ1) is 16.0. The van der Waals surface area contributed by atoms with Gasteiger partial charge in [0.15, 0.2) is 0 Å². The number of anilines is 1. The Morgan fingerprint density at radius 1 is 1.26 bits per heavy atom. The van der Waals surface area contributed by atoms with Gasteiger partial charge in [-0.25, -0.2) is 8.78 Å². The lowest BCUT2D eigenvalue weighted by Gasteiger charge is -2.20. The summed E-state index contributed by atoms with van der Waals surface area (Å²) in [5.74, 6) is -1.66. The minimum absolute atomic E-state index is 0.0254. The van der Waals surface area contributed by atoms with Crippen LogP contribution in [-0.2, 0) is 4.79 Å². The van der Waals surface area contributed by atoms with Crippen molar-refractivity contribution in [1.29, 1.82) is 0 Å². The molecule has 1 aromatic carbocycles. The highest BCUT2D eigenvalue weighted by atomic mass is 79.9. The lowest BCUT2D eigenvalue weighted by Crippen LogP contribution is -2.37. The quantitative estimate of drug-likeness (QED) is 0.828. The van der Waals surface area contributed by atoms with Crippen LogP contribution in [0.25, 0.3) is 0 Å². The summed E-state index contributed by atoms with van der Waals surface area (Å²) in [6.07, 6.45) is 0.189. The number of rotatable bonds is 4. The van der Waals surface area contributed by atoms with Crippen LogP contribution in [-0.4, -0.2) is 18.0 Å². The Balaban J connectivity index is 2.56. The maximum Gasteiger partial charge on any atom is 0.225 e. The van der Waals surface area contributed by atoms with Crippen LogP contribution >= 0.6 is 15.9 Å². The van der Waals surface area contributed by atoms with Crippen LogP contribution in [0.4, 0.5) is 14.5 Å². The fraction of sp³-hybridized carbons (Fsp3) is 0.462. The van der Waals surface area contributed by atoms with Crippen LogP contribution in [0, 0.1) is 11.6 Å². The van der Waals surface area contributed by atoms with Gasteiger partial charge in [-0.2, -0.15) is 0 Å². The summed E-state index contributed by atoms with van der Waals surface area (Å²) in [5.41, 5.74) is -0.239. The van der Waals surface area contributed by atoms with Crippen molar-refractivity contribution in [2.45, 2.75) is 32.7 Å². The van der Waals surface area contributed by atoms with E-state index in [1.54, 1.807) is 0 Å². The molecule has 0 heterocycles. The minimum Gasteiger partial charge on any atom is -0.323 e. The standard InChI is InChI=1S/C13H17BrF2N2O/c1-13(2,3)17-5-4-12(19)18-11-7-9(15)8(14)6-10(11)16/h6-7,17H,4-5H2,1-3H3,(H,18,19). The Morgan fingerprint density at radius 2 is 1.89 bits per heavy atom. The monoisotopic (exact) mass is 334 g/mol. The van der Waals surface area contributed by atoms with E-state index >= 15 is 0 Å².